The summed E-state index contributed by atoms with van der Waals surface area (Å²) in [4.78, 5) is 27.2. The molecule has 3 saturated carbocycles. The number of hydrogen-bond acceptors (Lipinski definition) is 4. The summed E-state index contributed by atoms with van der Waals surface area (Å²) < 4.78 is 6.75. The predicted octanol–water partition coefficient (Wildman–Crippen LogP) is 4.56. The van der Waals surface area contributed by atoms with Gasteiger partial charge in [0.05, 0.1) is 11.5 Å². The summed E-state index contributed by atoms with van der Waals surface area (Å²) in [6, 6.07) is 8.00. The van der Waals surface area contributed by atoms with Crippen molar-refractivity contribution in [2.75, 3.05) is 0 Å². The van der Waals surface area contributed by atoms with Crippen LogP contribution in [0.1, 0.15) is 44.6 Å². The molecule has 0 radical (unpaired) electrons. The molecule has 4 heteroatoms. The first-order valence-electron chi connectivity index (χ1n) is 12.7. The molecule has 174 valence electrons. The van der Waals surface area contributed by atoms with Crippen LogP contribution in [0.15, 0.2) is 49.1 Å². The maximum atomic E-state index is 14.1. The van der Waals surface area contributed by atoms with Crippen LogP contribution in [0.3, 0.4) is 0 Å². The number of allylic oxidation sites excluding steroid dienone is 3. The van der Waals surface area contributed by atoms with Gasteiger partial charge in [0.2, 0.25) is 0 Å². The first-order valence-corrected chi connectivity index (χ1v) is 12.7. The molecule has 0 amide bonds. The largest absolute Gasteiger partial charge is 0.490 e. The first kappa shape index (κ1) is 21.3. The summed E-state index contributed by atoms with van der Waals surface area (Å²) in [5, 5.41) is 11.3. The highest BCUT2D eigenvalue weighted by Gasteiger charge is 2.60. The lowest BCUT2D eigenvalue weighted by atomic mass is 9.65. The van der Waals surface area contributed by atoms with Gasteiger partial charge in [0.15, 0.2) is 0 Å². The van der Waals surface area contributed by atoms with Crippen molar-refractivity contribution in [2.45, 2.75) is 57.2 Å². The normalized spacial score (nSPS) is 45.9. The molecule has 1 aromatic carbocycles. The van der Waals surface area contributed by atoms with E-state index in [1.54, 1.807) is 0 Å². The second kappa shape index (κ2) is 7.66. The monoisotopic (exact) mass is 446 g/mol. The quantitative estimate of drug-likeness (QED) is 0.508. The SMILES string of the molecule is C=CC1C=CC2C3CC(C)CCC3C3Oc4ccc(cc4)CC4(O)CC(=O)C(C4)C(=O)C1C23. The highest BCUT2D eigenvalue weighted by atomic mass is 16.5. The number of hydrogen-bond donors (Lipinski definition) is 1. The average Bonchev–Trinajstić information content (AvgIpc) is 3.27. The van der Waals surface area contributed by atoms with Crippen molar-refractivity contribution in [3.8, 4) is 5.75 Å². The van der Waals surface area contributed by atoms with Gasteiger partial charge >= 0.3 is 0 Å². The number of Topliss-reactive ketones (excluding diaryl/α,β-unsaturated/α-hetero) is 2. The molecule has 0 aromatic heterocycles. The molecule has 2 aliphatic heterocycles. The number of fused-ring (bicyclic) bond motifs is 4. The van der Waals surface area contributed by atoms with Crippen LogP contribution < -0.4 is 4.74 Å². The molecule has 4 nitrogen and oxygen atoms in total. The van der Waals surface area contributed by atoms with E-state index < -0.39 is 11.5 Å². The lowest BCUT2D eigenvalue weighted by molar-refractivity contribution is -0.137. The second-order valence-corrected chi connectivity index (χ2v) is 11.6. The van der Waals surface area contributed by atoms with Crippen LogP contribution in [0.4, 0.5) is 0 Å². The Morgan fingerprint density at radius 1 is 1.09 bits per heavy atom. The molecule has 6 aliphatic rings. The van der Waals surface area contributed by atoms with E-state index in [0.717, 1.165) is 24.2 Å². The van der Waals surface area contributed by atoms with Gasteiger partial charge in [0, 0.05) is 30.6 Å². The van der Waals surface area contributed by atoms with Gasteiger partial charge in [-0.15, -0.1) is 6.58 Å². The second-order valence-electron chi connectivity index (χ2n) is 11.6. The minimum atomic E-state index is -1.15. The Morgan fingerprint density at radius 2 is 1.88 bits per heavy atom. The Kier molecular flexibility index (Phi) is 4.95. The molecule has 4 bridgehead atoms. The van der Waals surface area contributed by atoms with Gasteiger partial charge in [-0.1, -0.05) is 43.7 Å². The van der Waals surface area contributed by atoms with Crippen LogP contribution in [-0.4, -0.2) is 28.4 Å². The highest BCUT2D eigenvalue weighted by Crippen LogP contribution is 2.58. The third-order valence-electron chi connectivity index (χ3n) is 9.49. The van der Waals surface area contributed by atoms with E-state index in [2.05, 4.69) is 25.7 Å². The molecule has 3 fully saturated rings. The maximum Gasteiger partial charge on any atom is 0.147 e. The molecule has 1 aromatic rings. The Hall–Kier alpha value is -2.20. The van der Waals surface area contributed by atoms with Crippen LogP contribution >= 0.6 is 0 Å². The summed E-state index contributed by atoms with van der Waals surface area (Å²) in [6.45, 7) is 6.39. The highest BCUT2D eigenvalue weighted by molar-refractivity contribution is 6.05. The zero-order chi connectivity index (χ0) is 22.9. The lowest BCUT2D eigenvalue weighted by Gasteiger charge is -2.39. The topological polar surface area (TPSA) is 63.6 Å². The van der Waals surface area contributed by atoms with E-state index >= 15 is 0 Å². The fourth-order valence-corrected chi connectivity index (χ4v) is 8.07. The fraction of sp³-hybridized carbons (Fsp3) is 0.586. The predicted molar refractivity (Wildman–Crippen MR) is 126 cm³/mol. The van der Waals surface area contributed by atoms with Crippen LogP contribution in [0.2, 0.25) is 0 Å². The van der Waals surface area contributed by atoms with Crippen molar-refractivity contribution < 1.29 is 19.4 Å². The molecule has 0 spiro atoms. The third-order valence-corrected chi connectivity index (χ3v) is 9.49. The summed E-state index contributed by atoms with van der Waals surface area (Å²) >= 11 is 0. The number of carbonyl (C=O) groups excluding carboxylic acids is 2. The molecule has 10 atom stereocenters. The molecule has 0 saturated heterocycles. The molecule has 4 aliphatic carbocycles. The summed E-state index contributed by atoms with van der Waals surface area (Å²) in [7, 11) is 0. The van der Waals surface area contributed by atoms with Gasteiger partial charge < -0.3 is 9.84 Å². The number of ketones is 2. The van der Waals surface area contributed by atoms with Crippen molar-refractivity contribution in [1.29, 1.82) is 0 Å². The van der Waals surface area contributed by atoms with E-state index in [1.807, 2.05) is 30.3 Å². The summed E-state index contributed by atoms with van der Waals surface area (Å²) in [5.74, 6) is 1.51. The van der Waals surface area contributed by atoms with E-state index in [0.29, 0.717) is 24.2 Å². The third kappa shape index (κ3) is 3.36. The van der Waals surface area contributed by atoms with E-state index in [1.165, 1.54) is 6.42 Å². The molecular formula is C29H34O4. The molecule has 33 heavy (non-hydrogen) atoms. The minimum Gasteiger partial charge on any atom is -0.490 e. The number of rotatable bonds is 1. The molecule has 1 N–H and O–H groups in total. The van der Waals surface area contributed by atoms with Crippen molar-refractivity contribution in [3.63, 3.8) is 0 Å². The van der Waals surface area contributed by atoms with Gasteiger partial charge in [-0.25, -0.2) is 0 Å². The zero-order valence-corrected chi connectivity index (χ0v) is 19.4. The molecular weight excluding hydrogens is 412 g/mol. The average molecular weight is 447 g/mol. The van der Waals surface area contributed by atoms with Crippen molar-refractivity contribution in [1.82, 2.24) is 0 Å². The van der Waals surface area contributed by atoms with E-state index in [4.69, 9.17) is 4.74 Å². The van der Waals surface area contributed by atoms with Crippen LogP contribution in [0, 0.1) is 47.3 Å². The Morgan fingerprint density at radius 3 is 2.64 bits per heavy atom. The standard InChI is InChI=1S/C29H34O4/c1-3-18-7-11-20-22-12-16(2)4-10-21(22)28-26(20)25(18)27(31)23-14-29(32,15-24(23)30)13-17-5-8-19(33-28)9-6-17/h3,5-9,11,16,18,20-23,25-26,28,32H,1,4,10,12-15H2,2H3. The van der Waals surface area contributed by atoms with Gasteiger partial charge in [-0.05, 0) is 60.6 Å². The minimum absolute atomic E-state index is 0.00276. The number of aliphatic hydroxyl groups is 1. The Balaban J connectivity index is 1.49. The van der Waals surface area contributed by atoms with Gasteiger partial charge in [-0.3, -0.25) is 9.59 Å². The van der Waals surface area contributed by atoms with E-state index in [-0.39, 0.29) is 54.2 Å². The summed E-state index contributed by atoms with van der Waals surface area (Å²) in [5.41, 5.74) is -0.179. The van der Waals surface area contributed by atoms with Crippen LogP contribution in [-0.2, 0) is 16.0 Å². The van der Waals surface area contributed by atoms with E-state index in [9.17, 15) is 14.7 Å². The van der Waals surface area contributed by atoms with Crippen molar-refractivity contribution in [2.24, 2.45) is 47.3 Å². The Bertz CT molecular complexity index is 1010. The summed E-state index contributed by atoms with van der Waals surface area (Å²) in [6.07, 6.45) is 10.5. The van der Waals surface area contributed by atoms with Gasteiger partial charge in [-0.2, -0.15) is 0 Å². The lowest BCUT2D eigenvalue weighted by Crippen LogP contribution is -2.45. The molecule has 2 heterocycles. The number of benzene rings is 1. The number of ether oxygens (including phenoxy) is 1. The fourth-order valence-electron chi connectivity index (χ4n) is 8.07. The first-order chi connectivity index (χ1) is 15.9. The van der Waals surface area contributed by atoms with Crippen LogP contribution in [0.25, 0.3) is 0 Å². The van der Waals surface area contributed by atoms with Gasteiger partial charge in [0.1, 0.15) is 23.4 Å². The zero-order valence-electron chi connectivity index (χ0n) is 19.4. The maximum absolute atomic E-state index is 14.1. The number of carbonyl (C=O) groups is 2. The van der Waals surface area contributed by atoms with Gasteiger partial charge in [0.25, 0.3) is 0 Å². The molecule has 10 unspecified atom stereocenters. The van der Waals surface area contributed by atoms with Crippen molar-refractivity contribution >= 4 is 11.6 Å². The van der Waals surface area contributed by atoms with Crippen LogP contribution in [0.5, 0.6) is 5.75 Å². The Labute approximate surface area is 196 Å². The molecule has 7 rings (SSSR count). The van der Waals surface area contributed by atoms with Crippen molar-refractivity contribution in [3.05, 3.63) is 54.6 Å². The smallest absolute Gasteiger partial charge is 0.147 e.